The largest absolute Gasteiger partial charge is 0.474 e. The first-order valence-electron chi connectivity index (χ1n) is 2.96. The summed E-state index contributed by atoms with van der Waals surface area (Å²) in [5.74, 6) is -0.603. The Hall–Kier alpha value is -1.50. The van der Waals surface area contributed by atoms with Crippen LogP contribution in [-0.4, -0.2) is 32.1 Å². The lowest BCUT2D eigenvalue weighted by atomic mass is 10.5. The van der Waals surface area contributed by atoms with Crippen molar-refractivity contribution in [1.29, 1.82) is 0 Å². The number of carbonyl (C=O) groups is 1. The standard InChI is InChI=1S/C7H10N2O2/c1-8-6(5-9(2)3)7(10)11-4/h5H,2-4H3/b6-5-. The molecule has 0 heterocycles. The van der Waals surface area contributed by atoms with Gasteiger partial charge >= 0.3 is 5.97 Å². The van der Waals surface area contributed by atoms with Crippen LogP contribution in [0.15, 0.2) is 11.9 Å². The van der Waals surface area contributed by atoms with Crippen molar-refractivity contribution in [3.8, 4) is 0 Å². The second-order valence-corrected chi connectivity index (χ2v) is 2.08. The molecule has 0 aliphatic rings. The SMILES string of the molecule is [C-]#[N+]/C(=C\N(C)C)C(=O)OC. The Balaban J connectivity index is 4.43. The molecular formula is C7H10N2O2. The molecule has 0 aliphatic carbocycles. The van der Waals surface area contributed by atoms with Crippen LogP contribution < -0.4 is 0 Å². The Morgan fingerprint density at radius 1 is 1.64 bits per heavy atom. The topological polar surface area (TPSA) is 33.9 Å². The van der Waals surface area contributed by atoms with Crippen molar-refractivity contribution in [2.75, 3.05) is 21.2 Å². The van der Waals surface area contributed by atoms with Gasteiger partial charge in [-0.1, -0.05) is 0 Å². The predicted octanol–water partition coefficient (Wildman–Crippen LogP) is 0.482. The monoisotopic (exact) mass is 154 g/mol. The summed E-state index contributed by atoms with van der Waals surface area (Å²) in [7, 11) is 4.71. The highest BCUT2D eigenvalue weighted by Gasteiger charge is 2.08. The third-order valence-electron chi connectivity index (χ3n) is 0.895. The van der Waals surface area contributed by atoms with Crippen LogP contribution in [0, 0.1) is 6.57 Å². The minimum atomic E-state index is -0.603. The first-order chi connectivity index (χ1) is 5.11. The zero-order valence-electron chi connectivity index (χ0n) is 6.79. The van der Waals surface area contributed by atoms with E-state index >= 15 is 0 Å². The van der Waals surface area contributed by atoms with Crippen molar-refractivity contribution in [3.05, 3.63) is 23.3 Å². The number of esters is 1. The molecule has 0 rings (SSSR count). The molecule has 0 fully saturated rings. The van der Waals surface area contributed by atoms with Crippen LogP contribution in [0.4, 0.5) is 0 Å². The highest BCUT2D eigenvalue weighted by molar-refractivity contribution is 5.90. The van der Waals surface area contributed by atoms with Gasteiger partial charge in [0.05, 0.1) is 13.7 Å². The van der Waals surface area contributed by atoms with Gasteiger partial charge in [-0.15, -0.1) is 0 Å². The van der Waals surface area contributed by atoms with Gasteiger partial charge in [-0.25, -0.2) is 4.85 Å². The zero-order valence-corrected chi connectivity index (χ0v) is 6.79. The van der Waals surface area contributed by atoms with Gasteiger partial charge < -0.3 is 9.64 Å². The quantitative estimate of drug-likeness (QED) is 0.329. The zero-order chi connectivity index (χ0) is 8.85. The maximum atomic E-state index is 10.7. The molecule has 4 nitrogen and oxygen atoms in total. The first-order valence-corrected chi connectivity index (χ1v) is 2.96. The molecule has 0 saturated carbocycles. The van der Waals surface area contributed by atoms with Crippen LogP contribution in [0.3, 0.4) is 0 Å². The smallest absolute Gasteiger partial charge is 0.337 e. The summed E-state index contributed by atoms with van der Waals surface area (Å²) in [5, 5.41) is 0. The van der Waals surface area contributed by atoms with E-state index in [0.717, 1.165) is 0 Å². The van der Waals surface area contributed by atoms with Gasteiger partial charge in [0.2, 0.25) is 0 Å². The summed E-state index contributed by atoms with van der Waals surface area (Å²) < 4.78 is 4.36. The molecule has 0 bridgehead atoms. The van der Waals surface area contributed by atoms with E-state index in [9.17, 15) is 4.79 Å². The van der Waals surface area contributed by atoms with Crippen LogP contribution in [0.25, 0.3) is 4.85 Å². The van der Waals surface area contributed by atoms with E-state index in [1.165, 1.54) is 13.3 Å². The Morgan fingerprint density at radius 3 is 2.45 bits per heavy atom. The average molecular weight is 154 g/mol. The molecule has 0 radical (unpaired) electrons. The maximum Gasteiger partial charge on any atom is 0.337 e. The lowest BCUT2D eigenvalue weighted by molar-refractivity contribution is -0.135. The Labute approximate surface area is 65.9 Å². The van der Waals surface area contributed by atoms with E-state index in [1.54, 1.807) is 19.0 Å². The van der Waals surface area contributed by atoms with Crippen molar-refractivity contribution in [3.63, 3.8) is 0 Å². The number of hydrogen-bond donors (Lipinski definition) is 0. The molecule has 11 heavy (non-hydrogen) atoms. The molecule has 0 aromatic heterocycles. The lowest BCUT2D eigenvalue weighted by Crippen LogP contribution is -2.08. The summed E-state index contributed by atoms with van der Waals surface area (Å²) in [4.78, 5) is 15.4. The van der Waals surface area contributed by atoms with Gasteiger partial charge in [0.15, 0.2) is 0 Å². The third-order valence-corrected chi connectivity index (χ3v) is 0.895. The second kappa shape index (κ2) is 4.34. The predicted molar refractivity (Wildman–Crippen MR) is 40.4 cm³/mol. The van der Waals surface area contributed by atoms with Crippen molar-refractivity contribution in [2.45, 2.75) is 0 Å². The summed E-state index contributed by atoms with van der Waals surface area (Å²) in [6.07, 6.45) is 1.42. The van der Waals surface area contributed by atoms with Crippen LogP contribution in [-0.2, 0) is 9.53 Å². The van der Waals surface area contributed by atoms with Crippen molar-refractivity contribution < 1.29 is 9.53 Å². The number of rotatable bonds is 2. The molecule has 0 saturated heterocycles. The Morgan fingerprint density at radius 2 is 2.18 bits per heavy atom. The van der Waals surface area contributed by atoms with Gasteiger partial charge in [-0.05, 0) is 0 Å². The van der Waals surface area contributed by atoms with E-state index in [-0.39, 0.29) is 5.70 Å². The molecule has 0 N–H and O–H groups in total. The third kappa shape index (κ3) is 3.26. The number of carbonyl (C=O) groups excluding carboxylic acids is 1. The van der Waals surface area contributed by atoms with E-state index in [4.69, 9.17) is 6.57 Å². The van der Waals surface area contributed by atoms with Crippen LogP contribution in [0.2, 0.25) is 0 Å². The summed E-state index contributed by atoms with van der Waals surface area (Å²) in [6, 6.07) is 0. The molecule has 0 aromatic rings. The molecule has 0 aromatic carbocycles. The number of ether oxygens (including phenoxy) is 1. The van der Waals surface area contributed by atoms with E-state index < -0.39 is 5.97 Å². The summed E-state index contributed by atoms with van der Waals surface area (Å²) in [5.41, 5.74) is -0.0162. The Kier molecular flexibility index (Phi) is 3.75. The average Bonchev–Trinajstić information content (AvgIpc) is 1.98. The van der Waals surface area contributed by atoms with Gasteiger partial charge in [-0.2, -0.15) is 0 Å². The van der Waals surface area contributed by atoms with Crippen molar-refractivity contribution in [2.24, 2.45) is 0 Å². The van der Waals surface area contributed by atoms with Crippen LogP contribution in [0.1, 0.15) is 0 Å². The first kappa shape index (κ1) is 9.50. The van der Waals surface area contributed by atoms with Crippen LogP contribution >= 0.6 is 0 Å². The second-order valence-electron chi connectivity index (χ2n) is 2.08. The molecule has 0 spiro atoms. The molecule has 0 amide bonds. The fourth-order valence-corrected chi connectivity index (χ4v) is 0.476. The highest BCUT2D eigenvalue weighted by atomic mass is 16.5. The minimum Gasteiger partial charge on any atom is -0.474 e. The minimum absolute atomic E-state index is 0.0162. The molecule has 4 heteroatoms. The number of hydrogen-bond acceptors (Lipinski definition) is 3. The van der Waals surface area contributed by atoms with Gasteiger partial charge in [0.1, 0.15) is 0 Å². The molecular weight excluding hydrogens is 144 g/mol. The van der Waals surface area contributed by atoms with E-state index in [2.05, 4.69) is 9.58 Å². The highest BCUT2D eigenvalue weighted by Crippen LogP contribution is 1.99. The summed E-state index contributed by atoms with van der Waals surface area (Å²) in [6.45, 7) is 6.62. The molecule has 0 atom stereocenters. The molecule has 60 valence electrons. The van der Waals surface area contributed by atoms with Gasteiger partial charge in [-0.3, -0.25) is 4.79 Å². The van der Waals surface area contributed by atoms with Crippen LogP contribution in [0.5, 0.6) is 0 Å². The van der Waals surface area contributed by atoms with Crippen molar-refractivity contribution >= 4 is 5.97 Å². The Bertz CT molecular complexity index is 213. The maximum absolute atomic E-state index is 10.7. The van der Waals surface area contributed by atoms with E-state index in [1.807, 2.05) is 0 Å². The molecule has 0 unspecified atom stereocenters. The van der Waals surface area contributed by atoms with Gasteiger partial charge in [0.25, 0.3) is 5.70 Å². The van der Waals surface area contributed by atoms with Gasteiger partial charge in [0, 0.05) is 20.3 Å². The van der Waals surface area contributed by atoms with E-state index in [0.29, 0.717) is 0 Å². The fourth-order valence-electron chi connectivity index (χ4n) is 0.476. The fraction of sp³-hybridized carbons (Fsp3) is 0.429. The number of nitrogens with zero attached hydrogens (tertiary/aromatic N) is 2. The van der Waals surface area contributed by atoms with Crippen molar-refractivity contribution in [1.82, 2.24) is 4.90 Å². The number of methoxy groups -OCH3 is 1. The molecule has 0 aliphatic heterocycles. The normalized spacial score (nSPS) is 10.2. The lowest BCUT2D eigenvalue weighted by Gasteiger charge is -2.04. The summed E-state index contributed by atoms with van der Waals surface area (Å²) >= 11 is 0.